The second-order valence-electron chi connectivity index (χ2n) is 7.44. The normalized spacial score (nSPS) is 12.3. The fourth-order valence-corrected chi connectivity index (χ4v) is 4.30. The van der Waals surface area contributed by atoms with Crippen LogP contribution in [-0.2, 0) is 16.7 Å². The summed E-state index contributed by atoms with van der Waals surface area (Å²) in [4.78, 5) is 14.4. The second kappa shape index (κ2) is 10.3. The standard InChI is InChI=1S/C24H22ClF2NO4S/c1-3-16(2)28(24(29)17-5-4-6-21(27)14-17)15-18-13-19(25)7-12-23(18)32-33(30,31)22-10-8-20(26)9-11-22/h4-14,16H,3,15H2,1-2H3/t16-/m0/s1. The van der Waals surface area contributed by atoms with Gasteiger partial charge >= 0.3 is 10.1 Å². The monoisotopic (exact) mass is 493 g/mol. The van der Waals surface area contributed by atoms with Crippen molar-refractivity contribution in [2.45, 2.75) is 37.8 Å². The van der Waals surface area contributed by atoms with Gasteiger partial charge in [-0.15, -0.1) is 0 Å². The van der Waals surface area contributed by atoms with E-state index in [1.807, 2.05) is 13.8 Å². The van der Waals surface area contributed by atoms with Gasteiger partial charge in [0.2, 0.25) is 0 Å². The topological polar surface area (TPSA) is 63.7 Å². The number of hydrogen-bond donors (Lipinski definition) is 0. The molecule has 0 aliphatic rings. The van der Waals surface area contributed by atoms with Crippen LogP contribution in [0.2, 0.25) is 5.02 Å². The lowest BCUT2D eigenvalue weighted by molar-refractivity contribution is 0.0670. The number of carbonyl (C=O) groups is 1. The maximum atomic E-state index is 13.7. The van der Waals surface area contributed by atoms with E-state index in [4.69, 9.17) is 15.8 Å². The number of amides is 1. The Balaban J connectivity index is 1.96. The molecule has 0 heterocycles. The molecular weight excluding hydrogens is 472 g/mol. The molecule has 33 heavy (non-hydrogen) atoms. The van der Waals surface area contributed by atoms with Crippen LogP contribution in [-0.4, -0.2) is 25.3 Å². The van der Waals surface area contributed by atoms with Gasteiger partial charge in [-0.05, 0) is 74.0 Å². The Hall–Kier alpha value is -2.97. The molecule has 0 saturated heterocycles. The Morgan fingerprint density at radius 3 is 2.36 bits per heavy atom. The largest absolute Gasteiger partial charge is 0.379 e. The van der Waals surface area contributed by atoms with Gasteiger partial charge < -0.3 is 9.08 Å². The summed E-state index contributed by atoms with van der Waals surface area (Å²) in [6, 6.07) is 13.7. The molecule has 1 atom stereocenters. The maximum Gasteiger partial charge on any atom is 0.339 e. The van der Waals surface area contributed by atoms with Crippen molar-refractivity contribution >= 4 is 27.6 Å². The quantitative estimate of drug-likeness (QED) is 0.370. The van der Waals surface area contributed by atoms with Gasteiger partial charge in [0.25, 0.3) is 5.91 Å². The molecule has 0 unspecified atom stereocenters. The van der Waals surface area contributed by atoms with Crippen molar-refractivity contribution in [1.82, 2.24) is 4.90 Å². The van der Waals surface area contributed by atoms with Gasteiger partial charge in [-0.2, -0.15) is 8.42 Å². The third-order valence-electron chi connectivity index (χ3n) is 5.12. The number of rotatable bonds is 8. The first kappa shape index (κ1) is 24.7. The Morgan fingerprint density at radius 2 is 1.73 bits per heavy atom. The van der Waals surface area contributed by atoms with E-state index in [1.165, 1.54) is 41.3 Å². The SMILES string of the molecule is CC[C@H](C)N(Cc1cc(Cl)ccc1OS(=O)(=O)c1ccc(F)cc1)C(=O)c1cccc(F)c1. The third kappa shape index (κ3) is 6.09. The minimum atomic E-state index is -4.27. The molecule has 0 fully saturated rings. The Labute approximate surface area is 196 Å². The summed E-state index contributed by atoms with van der Waals surface area (Å²) >= 11 is 6.14. The van der Waals surface area contributed by atoms with Crippen LogP contribution in [0.5, 0.6) is 5.75 Å². The molecule has 9 heteroatoms. The summed E-state index contributed by atoms with van der Waals surface area (Å²) in [6.45, 7) is 3.70. The van der Waals surface area contributed by atoms with E-state index < -0.39 is 27.7 Å². The zero-order chi connectivity index (χ0) is 24.2. The predicted octanol–water partition coefficient (Wildman–Crippen LogP) is 5.83. The Bertz CT molecular complexity index is 1250. The van der Waals surface area contributed by atoms with Crippen molar-refractivity contribution in [3.05, 3.63) is 94.5 Å². The smallest absolute Gasteiger partial charge is 0.339 e. The number of hydrogen-bond acceptors (Lipinski definition) is 4. The number of carbonyl (C=O) groups excluding carboxylic acids is 1. The molecule has 5 nitrogen and oxygen atoms in total. The third-order valence-corrected chi connectivity index (χ3v) is 6.60. The van der Waals surface area contributed by atoms with Gasteiger partial charge in [-0.1, -0.05) is 24.6 Å². The van der Waals surface area contributed by atoms with Crippen LogP contribution >= 0.6 is 11.6 Å². The Kier molecular flexibility index (Phi) is 7.71. The predicted molar refractivity (Wildman–Crippen MR) is 122 cm³/mol. The summed E-state index contributed by atoms with van der Waals surface area (Å²) in [5.41, 5.74) is 0.511. The van der Waals surface area contributed by atoms with Gasteiger partial charge in [0, 0.05) is 22.2 Å². The van der Waals surface area contributed by atoms with E-state index >= 15 is 0 Å². The molecule has 0 saturated carbocycles. The van der Waals surface area contributed by atoms with E-state index in [0.29, 0.717) is 17.0 Å². The highest BCUT2D eigenvalue weighted by atomic mass is 35.5. The van der Waals surface area contributed by atoms with Crippen LogP contribution in [0.3, 0.4) is 0 Å². The molecule has 0 aromatic heterocycles. The second-order valence-corrected chi connectivity index (χ2v) is 9.43. The van der Waals surface area contributed by atoms with E-state index in [9.17, 15) is 22.0 Å². The van der Waals surface area contributed by atoms with Crippen LogP contribution in [0.15, 0.2) is 71.6 Å². The number of nitrogens with zero attached hydrogens (tertiary/aromatic N) is 1. The molecular formula is C24H22ClF2NO4S. The lowest BCUT2D eigenvalue weighted by atomic mass is 10.1. The zero-order valence-corrected chi connectivity index (χ0v) is 19.5. The molecule has 0 radical (unpaired) electrons. The van der Waals surface area contributed by atoms with Gasteiger partial charge in [-0.25, -0.2) is 8.78 Å². The van der Waals surface area contributed by atoms with Crippen LogP contribution in [0.1, 0.15) is 36.2 Å². The summed E-state index contributed by atoms with van der Waals surface area (Å²) in [5.74, 6) is -1.57. The van der Waals surface area contributed by atoms with Crippen molar-refractivity contribution < 1.29 is 26.2 Å². The van der Waals surface area contributed by atoms with Crippen molar-refractivity contribution in [1.29, 1.82) is 0 Å². The maximum absolute atomic E-state index is 13.7. The molecule has 0 spiro atoms. The highest BCUT2D eigenvalue weighted by Crippen LogP contribution is 2.29. The van der Waals surface area contributed by atoms with Crippen molar-refractivity contribution in [2.75, 3.05) is 0 Å². The molecule has 174 valence electrons. The summed E-state index contributed by atoms with van der Waals surface area (Å²) in [7, 11) is -4.27. The van der Waals surface area contributed by atoms with Crippen molar-refractivity contribution in [3.8, 4) is 5.75 Å². The molecule has 0 bridgehead atoms. The molecule has 3 rings (SSSR count). The molecule has 3 aromatic carbocycles. The lowest BCUT2D eigenvalue weighted by Crippen LogP contribution is -2.38. The molecule has 0 N–H and O–H groups in total. The highest BCUT2D eigenvalue weighted by molar-refractivity contribution is 7.87. The molecule has 1 amide bonds. The highest BCUT2D eigenvalue weighted by Gasteiger charge is 2.25. The van der Waals surface area contributed by atoms with Crippen LogP contribution in [0.4, 0.5) is 8.78 Å². The minimum absolute atomic E-state index is 0.0240. The first-order chi connectivity index (χ1) is 15.6. The van der Waals surface area contributed by atoms with Crippen LogP contribution < -0.4 is 4.18 Å². The molecule has 0 aliphatic heterocycles. The van der Waals surface area contributed by atoms with Crippen molar-refractivity contribution in [3.63, 3.8) is 0 Å². The van der Waals surface area contributed by atoms with Gasteiger partial charge in [-0.3, -0.25) is 4.79 Å². The summed E-state index contributed by atoms with van der Waals surface area (Å²) in [6.07, 6.45) is 0.603. The fraction of sp³-hybridized carbons (Fsp3) is 0.208. The fourth-order valence-electron chi connectivity index (χ4n) is 3.14. The van der Waals surface area contributed by atoms with Gasteiger partial charge in [0.1, 0.15) is 22.3 Å². The summed E-state index contributed by atoms with van der Waals surface area (Å²) in [5, 5.41) is 0.318. The van der Waals surface area contributed by atoms with E-state index in [0.717, 1.165) is 30.3 Å². The van der Waals surface area contributed by atoms with E-state index in [-0.39, 0.29) is 28.8 Å². The molecule has 0 aliphatic carbocycles. The zero-order valence-electron chi connectivity index (χ0n) is 18.0. The van der Waals surface area contributed by atoms with E-state index in [1.54, 1.807) is 0 Å². The first-order valence-electron chi connectivity index (χ1n) is 10.2. The number of halogens is 3. The average Bonchev–Trinajstić information content (AvgIpc) is 2.78. The van der Waals surface area contributed by atoms with Crippen molar-refractivity contribution in [2.24, 2.45) is 0 Å². The Morgan fingerprint density at radius 1 is 1.03 bits per heavy atom. The first-order valence-corrected chi connectivity index (χ1v) is 11.9. The van der Waals surface area contributed by atoms with Crippen LogP contribution in [0, 0.1) is 11.6 Å². The minimum Gasteiger partial charge on any atom is -0.379 e. The number of benzene rings is 3. The summed E-state index contributed by atoms with van der Waals surface area (Å²) < 4.78 is 57.6. The van der Waals surface area contributed by atoms with Crippen LogP contribution in [0.25, 0.3) is 0 Å². The molecule has 3 aromatic rings. The van der Waals surface area contributed by atoms with Gasteiger partial charge in [0.05, 0.1) is 6.54 Å². The lowest BCUT2D eigenvalue weighted by Gasteiger charge is -2.29. The van der Waals surface area contributed by atoms with E-state index in [2.05, 4.69) is 0 Å². The van der Waals surface area contributed by atoms with Gasteiger partial charge in [0.15, 0.2) is 0 Å². The average molecular weight is 494 g/mol.